The van der Waals surface area contributed by atoms with Gasteiger partial charge in [0.05, 0.1) is 0 Å². The highest BCUT2D eigenvalue weighted by Gasteiger charge is 2.44. The summed E-state index contributed by atoms with van der Waals surface area (Å²) in [5.41, 5.74) is -0.671. The van der Waals surface area contributed by atoms with Gasteiger partial charge in [0, 0.05) is 9.75 Å². The van der Waals surface area contributed by atoms with Crippen molar-refractivity contribution in [3.05, 3.63) is 21.9 Å². The van der Waals surface area contributed by atoms with Crippen molar-refractivity contribution in [3.8, 4) is 0 Å². The van der Waals surface area contributed by atoms with Gasteiger partial charge >= 0.3 is 5.97 Å². The van der Waals surface area contributed by atoms with Crippen LogP contribution < -0.4 is 0 Å². The summed E-state index contributed by atoms with van der Waals surface area (Å²) in [6.07, 6.45) is 4.47. The van der Waals surface area contributed by atoms with Gasteiger partial charge in [-0.2, -0.15) is 0 Å². The number of thiophene rings is 1. The van der Waals surface area contributed by atoms with Gasteiger partial charge in [0.15, 0.2) is 0 Å². The summed E-state index contributed by atoms with van der Waals surface area (Å²) >= 11 is 1.63. The fraction of sp³-hybridized carbons (Fsp3) is 0.615. The second kappa shape index (κ2) is 4.21. The molecule has 0 aromatic carbocycles. The van der Waals surface area contributed by atoms with E-state index in [1.165, 1.54) is 17.7 Å². The molecule has 0 amide bonds. The summed E-state index contributed by atoms with van der Waals surface area (Å²) in [5, 5.41) is 9.56. The van der Waals surface area contributed by atoms with Crippen LogP contribution in [0.15, 0.2) is 12.1 Å². The van der Waals surface area contributed by atoms with E-state index in [1.807, 2.05) is 26.0 Å². The van der Waals surface area contributed by atoms with Gasteiger partial charge in [-0.1, -0.05) is 12.8 Å². The molecule has 0 bridgehead atoms. The van der Waals surface area contributed by atoms with Gasteiger partial charge in [-0.05, 0) is 44.7 Å². The highest BCUT2D eigenvalue weighted by Crippen LogP contribution is 2.44. The maximum Gasteiger partial charge on any atom is 0.314 e. The maximum atomic E-state index is 11.6. The predicted octanol–water partition coefficient (Wildman–Crippen LogP) is 3.59. The first-order chi connectivity index (χ1) is 7.55. The number of hydrogen-bond acceptors (Lipinski definition) is 2. The third-order valence-electron chi connectivity index (χ3n) is 3.87. The molecule has 1 heterocycles. The Morgan fingerprint density at radius 2 is 2.06 bits per heavy atom. The van der Waals surface area contributed by atoms with Crippen LogP contribution in [-0.2, 0) is 10.2 Å². The lowest BCUT2D eigenvalue weighted by molar-refractivity contribution is -0.145. The summed E-state index contributed by atoms with van der Waals surface area (Å²) in [5.74, 6) is -0.357. The van der Waals surface area contributed by atoms with Gasteiger partial charge in [0.2, 0.25) is 0 Å². The van der Waals surface area contributed by atoms with Crippen LogP contribution in [0.25, 0.3) is 0 Å². The minimum absolute atomic E-state index is 0.308. The lowest BCUT2D eigenvalue weighted by Gasteiger charge is -2.30. The van der Waals surface area contributed by atoms with Crippen molar-refractivity contribution in [3.63, 3.8) is 0 Å². The number of carboxylic acid groups (broad SMARTS) is 1. The van der Waals surface area contributed by atoms with Crippen LogP contribution in [0.1, 0.15) is 42.4 Å². The molecule has 16 heavy (non-hydrogen) atoms. The molecule has 0 radical (unpaired) electrons. The first kappa shape index (κ1) is 11.6. The fourth-order valence-corrected chi connectivity index (χ4v) is 3.78. The average Bonchev–Trinajstić information content (AvgIpc) is 2.86. The summed E-state index contributed by atoms with van der Waals surface area (Å²) in [6.45, 7) is 3.93. The van der Waals surface area contributed by atoms with Crippen molar-refractivity contribution >= 4 is 17.3 Å². The molecule has 1 fully saturated rings. The number of rotatable bonds is 3. The van der Waals surface area contributed by atoms with Crippen LogP contribution in [0.4, 0.5) is 0 Å². The third-order valence-corrected chi connectivity index (χ3v) is 5.11. The molecule has 2 rings (SSSR count). The van der Waals surface area contributed by atoms with Crippen LogP contribution in [0.5, 0.6) is 0 Å². The molecule has 0 saturated heterocycles. The van der Waals surface area contributed by atoms with E-state index in [9.17, 15) is 9.90 Å². The first-order valence-corrected chi connectivity index (χ1v) is 6.67. The molecule has 1 aliphatic rings. The van der Waals surface area contributed by atoms with Gasteiger partial charge in [0.1, 0.15) is 5.41 Å². The summed E-state index contributed by atoms with van der Waals surface area (Å²) in [7, 11) is 0. The lowest BCUT2D eigenvalue weighted by atomic mass is 9.75. The molecule has 0 unspecified atom stereocenters. The van der Waals surface area contributed by atoms with Gasteiger partial charge in [0.25, 0.3) is 0 Å². The van der Waals surface area contributed by atoms with E-state index < -0.39 is 11.4 Å². The second-order valence-corrected chi connectivity index (χ2v) is 6.19. The van der Waals surface area contributed by atoms with Gasteiger partial charge < -0.3 is 5.11 Å². The van der Waals surface area contributed by atoms with E-state index in [0.29, 0.717) is 5.92 Å². The Morgan fingerprint density at radius 3 is 2.50 bits per heavy atom. The standard InChI is InChI=1S/C13H18O2S/c1-9-7-8-11(16-9)13(2,12(14)15)10-5-3-4-6-10/h7-8,10H,3-6H2,1-2H3,(H,14,15)/t13-/m1/s1. The van der Waals surface area contributed by atoms with Crippen LogP contribution in [0.3, 0.4) is 0 Å². The van der Waals surface area contributed by atoms with Crippen molar-refractivity contribution in [2.24, 2.45) is 5.92 Å². The molecule has 0 spiro atoms. The zero-order valence-corrected chi connectivity index (χ0v) is 10.6. The molecule has 1 aromatic rings. The van der Waals surface area contributed by atoms with Crippen LogP contribution in [-0.4, -0.2) is 11.1 Å². The van der Waals surface area contributed by atoms with E-state index in [1.54, 1.807) is 11.3 Å². The Bertz CT molecular complexity index is 390. The van der Waals surface area contributed by atoms with Crippen molar-refractivity contribution in [1.29, 1.82) is 0 Å². The molecular weight excluding hydrogens is 220 g/mol. The van der Waals surface area contributed by atoms with E-state index >= 15 is 0 Å². The number of carbonyl (C=O) groups is 1. The molecule has 2 nitrogen and oxygen atoms in total. The third kappa shape index (κ3) is 1.77. The SMILES string of the molecule is Cc1ccc([C@](C)(C(=O)O)C2CCCC2)s1. The quantitative estimate of drug-likeness (QED) is 0.873. The highest BCUT2D eigenvalue weighted by molar-refractivity contribution is 7.12. The van der Waals surface area contributed by atoms with Crippen molar-refractivity contribution in [2.45, 2.75) is 44.9 Å². The Kier molecular flexibility index (Phi) is 3.06. The number of aliphatic carboxylic acids is 1. The molecule has 3 heteroatoms. The molecule has 88 valence electrons. The average molecular weight is 238 g/mol. The molecule has 1 atom stereocenters. The van der Waals surface area contributed by atoms with Crippen LogP contribution >= 0.6 is 11.3 Å². The Labute approximate surface area is 100 Å². The molecule has 1 saturated carbocycles. The van der Waals surface area contributed by atoms with E-state index in [-0.39, 0.29) is 0 Å². The second-order valence-electron chi connectivity index (χ2n) is 4.90. The van der Waals surface area contributed by atoms with Crippen molar-refractivity contribution < 1.29 is 9.90 Å². The summed E-state index contributed by atoms with van der Waals surface area (Å²) in [6, 6.07) is 4.02. The molecule has 0 aliphatic heterocycles. The number of aryl methyl sites for hydroxylation is 1. The topological polar surface area (TPSA) is 37.3 Å². The fourth-order valence-electron chi connectivity index (χ4n) is 2.70. The van der Waals surface area contributed by atoms with E-state index in [2.05, 4.69) is 0 Å². The first-order valence-electron chi connectivity index (χ1n) is 5.85. The van der Waals surface area contributed by atoms with Crippen LogP contribution in [0.2, 0.25) is 0 Å². The van der Waals surface area contributed by atoms with Gasteiger partial charge in [-0.25, -0.2) is 0 Å². The minimum atomic E-state index is -0.671. The minimum Gasteiger partial charge on any atom is -0.481 e. The zero-order valence-electron chi connectivity index (χ0n) is 9.82. The normalized spacial score (nSPS) is 20.9. The number of hydrogen-bond donors (Lipinski definition) is 1. The molecule has 1 N–H and O–H groups in total. The lowest BCUT2D eigenvalue weighted by Crippen LogP contribution is -2.38. The monoisotopic (exact) mass is 238 g/mol. The molecule has 1 aliphatic carbocycles. The van der Waals surface area contributed by atoms with E-state index in [0.717, 1.165) is 17.7 Å². The highest BCUT2D eigenvalue weighted by atomic mass is 32.1. The Hall–Kier alpha value is -0.830. The Morgan fingerprint density at radius 1 is 1.44 bits per heavy atom. The van der Waals surface area contributed by atoms with Crippen molar-refractivity contribution in [2.75, 3.05) is 0 Å². The van der Waals surface area contributed by atoms with Crippen molar-refractivity contribution in [1.82, 2.24) is 0 Å². The Balaban J connectivity index is 2.38. The van der Waals surface area contributed by atoms with Crippen LogP contribution in [0, 0.1) is 12.8 Å². The van der Waals surface area contributed by atoms with Gasteiger partial charge in [-0.3, -0.25) is 4.79 Å². The molecule has 1 aromatic heterocycles. The smallest absolute Gasteiger partial charge is 0.314 e. The number of carboxylic acids is 1. The predicted molar refractivity (Wildman–Crippen MR) is 66.0 cm³/mol. The van der Waals surface area contributed by atoms with Gasteiger partial charge in [-0.15, -0.1) is 11.3 Å². The largest absolute Gasteiger partial charge is 0.481 e. The van der Waals surface area contributed by atoms with E-state index in [4.69, 9.17) is 0 Å². The molecular formula is C13H18O2S. The summed E-state index contributed by atoms with van der Waals surface area (Å²) < 4.78 is 0. The maximum absolute atomic E-state index is 11.6. The zero-order chi connectivity index (χ0) is 11.8. The summed E-state index contributed by atoms with van der Waals surface area (Å²) in [4.78, 5) is 13.8.